The third-order valence-corrected chi connectivity index (χ3v) is 5.11. The average Bonchev–Trinajstić information content (AvgIpc) is 3.04. The molecule has 5 nitrogen and oxygen atoms in total. The maximum Gasteiger partial charge on any atom is 0.331 e. The Balaban J connectivity index is 1.89. The van der Waals surface area contributed by atoms with Crippen LogP contribution in [0.4, 0.5) is 0 Å². The predicted octanol–water partition coefficient (Wildman–Crippen LogP) is 1.68. The summed E-state index contributed by atoms with van der Waals surface area (Å²) in [5, 5.41) is 11.4. The van der Waals surface area contributed by atoms with Crippen LogP contribution in [0.25, 0.3) is 0 Å². The normalized spacial score (nSPS) is 29.2. The summed E-state index contributed by atoms with van der Waals surface area (Å²) in [6.07, 6.45) is 1.09. The average molecular weight is 295 g/mol. The first-order valence-corrected chi connectivity index (χ1v) is 7.68. The van der Waals surface area contributed by atoms with Gasteiger partial charge < -0.3 is 14.7 Å². The first-order chi connectivity index (χ1) is 9.59. The largest absolute Gasteiger partial charge is 0.479 e. The molecule has 1 aromatic rings. The Morgan fingerprint density at radius 3 is 2.95 bits per heavy atom. The Kier molecular flexibility index (Phi) is 3.52. The van der Waals surface area contributed by atoms with Crippen molar-refractivity contribution in [2.75, 3.05) is 13.2 Å². The van der Waals surface area contributed by atoms with Crippen molar-refractivity contribution in [2.45, 2.75) is 31.9 Å². The summed E-state index contributed by atoms with van der Waals surface area (Å²) in [4.78, 5) is 26.7. The highest BCUT2D eigenvalue weighted by Gasteiger charge is 2.42. The number of carboxylic acid groups (broad SMARTS) is 1. The molecule has 1 fully saturated rings. The van der Waals surface area contributed by atoms with Gasteiger partial charge in [-0.25, -0.2) is 4.79 Å². The molecule has 0 bridgehead atoms. The zero-order chi connectivity index (χ0) is 14.3. The Morgan fingerprint density at radius 1 is 1.50 bits per heavy atom. The second-order valence-electron chi connectivity index (χ2n) is 5.38. The third kappa shape index (κ3) is 2.13. The van der Waals surface area contributed by atoms with Gasteiger partial charge >= 0.3 is 5.97 Å². The van der Waals surface area contributed by atoms with Gasteiger partial charge in [-0.2, -0.15) is 0 Å². The van der Waals surface area contributed by atoms with E-state index >= 15 is 0 Å². The van der Waals surface area contributed by atoms with Crippen LogP contribution in [-0.4, -0.2) is 41.1 Å². The Labute approximate surface area is 121 Å². The number of carbonyl (C=O) groups is 2. The minimum atomic E-state index is -0.969. The highest BCUT2D eigenvalue weighted by atomic mass is 32.1. The molecule has 1 N–H and O–H groups in total. The molecule has 2 aliphatic rings. The zero-order valence-corrected chi connectivity index (χ0v) is 12.1. The van der Waals surface area contributed by atoms with Crippen LogP contribution in [0.2, 0.25) is 0 Å². The molecule has 0 radical (unpaired) electrons. The van der Waals surface area contributed by atoms with E-state index in [1.54, 1.807) is 11.3 Å². The minimum Gasteiger partial charge on any atom is -0.479 e. The van der Waals surface area contributed by atoms with E-state index in [9.17, 15) is 14.7 Å². The molecule has 0 saturated carbocycles. The molecule has 0 spiro atoms. The summed E-state index contributed by atoms with van der Waals surface area (Å²) < 4.78 is 5.50. The number of hydrogen-bond donors (Lipinski definition) is 1. The Morgan fingerprint density at radius 2 is 2.30 bits per heavy atom. The number of fused-ring (bicyclic) bond motifs is 1. The van der Waals surface area contributed by atoms with Gasteiger partial charge in [-0.05, 0) is 35.8 Å². The van der Waals surface area contributed by atoms with Crippen molar-refractivity contribution in [3.05, 3.63) is 21.9 Å². The standard InChI is InChI=1S/C14H17NO4S/c1-8-3-6-19-12(8)13(16)15-5-2-10-9(4-7-20-10)11(15)14(17)18/h4,7-8,11-12H,2-3,5-6H2,1H3,(H,17,18). The fourth-order valence-electron chi connectivity index (χ4n) is 2.99. The van der Waals surface area contributed by atoms with E-state index in [2.05, 4.69) is 0 Å². The van der Waals surface area contributed by atoms with E-state index < -0.39 is 18.1 Å². The number of hydrogen-bond acceptors (Lipinski definition) is 4. The van der Waals surface area contributed by atoms with E-state index in [4.69, 9.17) is 4.74 Å². The maximum absolute atomic E-state index is 12.6. The second-order valence-corrected chi connectivity index (χ2v) is 6.38. The molecule has 1 saturated heterocycles. The fraction of sp³-hybridized carbons (Fsp3) is 0.571. The summed E-state index contributed by atoms with van der Waals surface area (Å²) >= 11 is 1.56. The van der Waals surface area contributed by atoms with Gasteiger partial charge in [-0.1, -0.05) is 6.92 Å². The lowest BCUT2D eigenvalue weighted by Crippen LogP contribution is -2.48. The molecule has 108 valence electrons. The van der Waals surface area contributed by atoms with Gasteiger partial charge in [0.25, 0.3) is 5.91 Å². The topological polar surface area (TPSA) is 66.8 Å². The Bertz CT molecular complexity index is 541. The monoisotopic (exact) mass is 295 g/mol. The van der Waals surface area contributed by atoms with Gasteiger partial charge in [0.1, 0.15) is 6.10 Å². The van der Waals surface area contributed by atoms with E-state index in [1.807, 2.05) is 18.4 Å². The van der Waals surface area contributed by atoms with Crippen LogP contribution in [0.15, 0.2) is 11.4 Å². The van der Waals surface area contributed by atoms with Crippen molar-refractivity contribution in [3.63, 3.8) is 0 Å². The smallest absolute Gasteiger partial charge is 0.331 e. The lowest BCUT2D eigenvalue weighted by molar-refractivity contribution is -0.156. The highest BCUT2D eigenvalue weighted by Crippen LogP contribution is 2.35. The molecule has 3 rings (SSSR count). The highest BCUT2D eigenvalue weighted by molar-refractivity contribution is 7.10. The summed E-state index contributed by atoms with van der Waals surface area (Å²) in [6.45, 7) is 3.01. The van der Waals surface area contributed by atoms with Crippen LogP contribution < -0.4 is 0 Å². The zero-order valence-electron chi connectivity index (χ0n) is 11.2. The first kappa shape index (κ1) is 13.6. The number of carboxylic acids is 1. The van der Waals surface area contributed by atoms with Crippen LogP contribution in [0.5, 0.6) is 0 Å². The van der Waals surface area contributed by atoms with Crippen LogP contribution in [0, 0.1) is 5.92 Å². The van der Waals surface area contributed by atoms with Crippen LogP contribution in [0.1, 0.15) is 29.8 Å². The molecular formula is C14H17NO4S. The summed E-state index contributed by atoms with van der Waals surface area (Å²) in [7, 11) is 0. The van der Waals surface area contributed by atoms with E-state index in [0.717, 1.165) is 23.3 Å². The van der Waals surface area contributed by atoms with Gasteiger partial charge in [0, 0.05) is 18.0 Å². The number of carbonyl (C=O) groups excluding carboxylic acids is 1. The van der Waals surface area contributed by atoms with Crippen molar-refractivity contribution in [1.29, 1.82) is 0 Å². The summed E-state index contributed by atoms with van der Waals surface area (Å²) in [5.41, 5.74) is 0.757. The summed E-state index contributed by atoms with van der Waals surface area (Å²) in [6, 6.07) is 0.950. The van der Waals surface area contributed by atoms with E-state index in [0.29, 0.717) is 13.2 Å². The summed E-state index contributed by atoms with van der Waals surface area (Å²) in [5.74, 6) is -0.997. The van der Waals surface area contributed by atoms with Crippen molar-refractivity contribution < 1.29 is 19.4 Å². The third-order valence-electron chi connectivity index (χ3n) is 4.11. The molecule has 2 aliphatic heterocycles. The van der Waals surface area contributed by atoms with Gasteiger partial charge in [-0.3, -0.25) is 4.79 Å². The number of aliphatic carboxylic acids is 1. The van der Waals surface area contributed by atoms with Gasteiger partial charge in [0.05, 0.1) is 0 Å². The van der Waals surface area contributed by atoms with Crippen molar-refractivity contribution in [1.82, 2.24) is 4.90 Å². The van der Waals surface area contributed by atoms with Crippen LogP contribution >= 0.6 is 11.3 Å². The molecule has 6 heteroatoms. The van der Waals surface area contributed by atoms with E-state index in [-0.39, 0.29) is 11.8 Å². The van der Waals surface area contributed by atoms with Gasteiger partial charge in [0.15, 0.2) is 6.04 Å². The van der Waals surface area contributed by atoms with Crippen LogP contribution in [-0.2, 0) is 20.7 Å². The van der Waals surface area contributed by atoms with Gasteiger partial charge in [0.2, 0.25) is 0 Å². The number of thiophene rings is 1. The number of ether oxygens (including phenoxy) is 1. The number of nitrogens with zero attached hydrogens (tertiary/aromatic N) is 1. The van der Waals surface area contributed by atoms with Crippen LogP contribution in [0.3, 0.4) is 0 Å². The molecule has 1 amide bonds. The molecule has 3 heterocycles. The molecule has 3 atom stereocenters. The number of amides is 1. The molecule has 0 aromatic carbocycles. The minimum absolute atomic E-state index is 0.154. The maximum atomic E-state index is 12.6. The van der Waals surface area contributed by atoms with Gasteiger partial charge in [-0.15, -0.1) is 11.3 Å². The number of rotatable bonds is 2. The fourth-order valence-corrected chi connectivity index (χ4v) is 3.90. The predicted molar refractivity (Wildman–Crippen MR) is 73.6 cm³/mol. The second kappa shape index (κ2) is 5.18. The lowest BCUT2D eigenvalue weighted by atomic mass is 9.97. The molecular weight excluding hydrogens is 278 g/mol. The Hall–Kier alpha value is -1.40. The van der Waals surface area contributed by atoms with Crippen molar-refractivity contribution in [3.8, 4) is 0 Å². The van der Waals surface area contributed by atoms with Crippen molar-refractivity contribution in [2.24, 2.45) is 5.92 Å². The quantitative estimate of drug-likeness (QED) is 0.901. The van der Waals surface area contributed by atoms with E-state index in [1.165, 1.54) is 4.90 Å². The molecule has 3 unspecified atom stereocenters. The first-order valence-electron chi connectivity index (χ1n) is 6.80. The molecule has 0 aliphatic carbocycles. The molecule has 20 heavy (non-hydrogen) atoms. The molecule has 1 aromatic heterocycles. The lowest BCUT2D eigenvalue weighted by Gasteiger charge is -2.35. The SMILES string of the molecule is CC1CCOC1C(=O)N1CCc2sccc2C1C(=O)O. The van der Waals surface area contributed by atoms with Crippen molar-refractivity contribution >= 4 is 23.2 Å².